The van der Waals surface area contributed by atoms with Crippen LogP contribution in [0.3, 0.4) is 0 Å². The lowest BCUT2D eigenvalue weighted by atomic mass is 10.1. The minimum Gasteiger partial charge on any atom is -0.355 e. The Hall–Kier alpha value is -1.40. The van der Waals surface area contributed by atoms with Crippen LogP contribution < -0.4 is 5.32 Å². The molecule has 0 aliphatic carbocycles. The van der Waals surface area contributed by atoms with Crippen molar-refractivity contribution < 1.29 is 13.2 Å². The van der Waals surface area contributed by atoms with Crippen LogP contribution in [0.2, 0.25) is 0 Å². The largest absolute Gasteiger partial charge is 0.355 e. The number of carbonyl (C=O) groups excluding carboxylic acids is 1. The van der Waals surface area contributed by atoms with Gasteiger partial charge < -0.3 is 5.32 Å². The van der Waals surface area contributed by atoms with Crippen molar-refractivity contribution in [2.75, 3.05) is 31.6 Å². The summed E-state index contributed by atoms with van der Waals surface area (Å²) in [6.07, 6.45) is 0.678. The first-order valence-corrected chi connectivity index (χ1v) is 8.56. The standard InChI is InChI=1S/C14H20N2O3S/c1-15-14(17)13-5-2-4-12(10-13)11-16-6-3-8-20(18,19)9-7-16/h2,4-5,10H,3,6-9,11H2,1H3,(H,15,17). The molecular weight excluding hydrogens is 276 g/mol. The Labute approximate surface area is 119 Å². The number of rotatable bonds is 3. The Morgan fingerprint density at radius 1 is 1.30 bits per heavy atom. The predicted octanol–water partition coefficient (Wildman–Crippen LogP) is 0.667. The third kappa shape index (κ3) is 4.05. The highest BCUT2D eigenvalue weighted by molar-refractivity contribution is 7.91. The zero-order chi connectivity index (χ0) is 14.6. The molecule has 1 heterocycles. The zero-order valence-corrected chi connectivity index (χ0v) is 12.4. The molecule has 1 aliphatic rings. The van der Waals surface area contributed by atoms with E-state index in [-0.39, 0.29) is 17.4 Å². The number of hydrogen-bond donors (Lipinski definition) is 1. The Morgan fingerprint density at radius 2 is 2.10 bits per heavy atom. The van der Waals surface area contributed by atoms with Gasteiger partial charge in [0.05, 0.1) is 11.5 Å². The molecule has 5 nitrogen and oxygen atoms in total. The summed E-state index contributed by atoms with van der Waals surface area (Å²) in [5.74, 6) is 0.398. The molecule has 1 saturated heterocycles. The highest BCUT2D eigenvalue weighted by Crippen LogP contribution is 2.12. The van der Waals surface area contributed by atoms with Crippen LogP contribution in [0.25, 0.3) is 0 Å². The second-order valence-electron chi connectivity index (χ2n) is 5.06. The fraction of sp³-hybridized carbons (Fsp3) is 0.500. The molecule has 1 amide bonds. The van der Waals surface area contributed by atoms with Gasteiger partial charge >= 0.3 is 0 Å². The molecule has 1 aromatic carbocycles. The maximum Gasteiger partial charge on any atom is 0.251 e. The highest BCUT2D eigenvalue weighted by Gasteiger charge is 2.19. The maximum absolute atomic E-state index is 11.6. The molecule has 0 bridgehead atoms. The van der Waals surface area contributed by atoms with Gasteiger partial charge in [-0.2, -0.15) is 0 Å². The van der Waals surface area contributed by atoms with Crippen molar-refractivity contribution in [3.63, 3.8) is 0 Å². The van der Waals surface area contributed by atoms with Gasteiger partial charge in [-0.3, -0.25) is 9.69 Å². The molecule has 1 N–H and O–H groups in total. The Bertz CT molecular complexity index is 584. The van der Waals surface area contributed by atoms with Gasteiger partial charge in [-0.1, -0.05) is 12.1 Å². The second kappa shape index (κ2) is 6.37. The fourth-order valence-electron chi connectivity index (χ4n) is 2.36. The molecule has 2 rings (SSSR count). The van der Waals surface area contributed by atoms with E-state index in [1.54, 1.807) is 13.1 Å². The van der Waals surface area contributed by atoms with Crippen LogP contribution in [0.1, 0.15) is 22.3 Å². The van der Waals surface area contributed by atoms with E-state index in [0.29, 0.717) is 25.1 Å². The van der Waals surface area contributed by atoms with Gasteiger partial charge in [0.2, 0.25) is 0 Å². The fourth-order valence-corrected chi connectivity index (χ4v) is 3.67. The smallest absolute Gasteiger partial charge is 0.251 e. The molecule has 1 fully saturated rings. The molecule has 0 atom stereocenters. The van der Waals surface area contributed by atoms with Crippen LogP contribution in [0.5, 0.6) is 0 Å². The summed E-state index contributed by atoms with van der Waals surface area (Å²) in [5, 5.41) is 2.60. The number of benzene rings is 1. The van der Waals surface area contributed by atoms with Crippen molar-refractivity contribution in [1.29, 1.82) is 0 Å². The lowest BCUT2D eigenvalue weighted by Gasteiger charge is -2.19. The van der Waals surface area contributed by atoms with Crippen molar-refractivity contribution in [3.05, 3.63) is 35.4 Å². The highest BCUT2D eigenvalue weighted by atomic mass is 32.2. The lowest BCUT2D eigenvalue weighted by molar-refractivity contribution is 0.0963. The summed E-state index contributed by atoms with van der Waals surface area (Å²) >= 11 is 0. The molecule has 20 heavy (non-hydrogen) atoms. The van der Waals surface area contributed by atoms with E-state index in [4.69, 9.17) is 0 Å². The predicted molar refractivity (Wildman–Crippen MR) is 78.4 cm³/mol. The van der Waals surface area contributed by atoms with E-state index >= 15 is 0 Å². The van der Waals surface area contributed by atoms with E-state index in [1.165, 1.54) is 0 Å². The molecule has 1 aromatic rings. The summed E-state index contributed by atoms with van der Waals surface area (Å²) in [7, 11) is -1.27. The second-order valence-corrected chi connectivity index (χ2v) is 7.36. The van der Waals surface area contributed by atoms with Crippen LogP contribution in [0.15, 0.2) is 24.3 Å². The number of carbonyl (C=O) groups is 1. The molecule has 1 aliphatic heterocycles. The summed E-state index contributed by atoms with van der Waals surface area (Å²) < 4.78 is 23.1. The van der Waals surface area contributed by atoms with Gasteiger partial charge in [-0.05, 0) is 30.7 Å². The van der Waals surface area contributed by atoms with Crippen molar-refractivity contribution in [2.45, 2.75) is 13.0 Å². The van der Waals surface area contributed by atoms with Gasteiger partial charge in [-0.15, -0.1) is 0 Å². The van der Waals surface area contributed by atoms with Gasteiger partial charge in [-0.25, -0.2) is 8.42 Å². The molecular formula is C14H20N2O3S. The third-order valence-corrected chi connectivity index (χ3v) is 5.19. The lowest BCUT2D eigenvalue weighted by Crippen LogP contribution is -2.27. The van der Waals surface area contributed by atoms with Crippen LogP contribution in [-0.2, 0) is 16.4 Å². The Kier molecular flexibility index (Phi) is 4.77. The van der Waals surface area contributed by atoms with E-state index in [0.717, 1.165) is 12.1 Å². The summed E-state index contributed by atoms with van der Waals surface area (Å²) in [5.41, 5.74) is 1.66. The van der Waals surface area contributed by atoms with E-state index in [9.17, 15) is 13.2 Å². The maximum atomic E-state index is 11.6. The molecule has 0 saturated carbocycles. The monoisotopic (exact) mass is 296 g/mol. The van der Waals surface area contributed by atoms with Crippen LogP contribution in [0.4, 0.5) is 0 Å². The normalized spacial score (nSPS) is 19.2. The zero-order valence-electron chi connectivity index (χ0n) is 11.6. The Balaban J connectivity index is 2.04. The van der Waals surface area contributed by atoms with Crippen LogP contribution in [-0.4, -0.2) is 50.9 Å². The molecule has 110 valence electrons. The van der Waals surface area contributed by atoms with Crippen molar-refractivity contribution >= 4 is 15.7 Å². The third-order valence-electron chi connectivity index (χ3n) is 3.47. The molecule has 0 spiro atoms. The van der Waals surface area contributed by atoms with Gasteiger partial charge in [0.15, 0.2) is 9.84 Å². The molecule has 0 unspecified atom stereocenters. The van der Waals surface area contributed by atoms with Gasteiger partial charge in [0, 0.05) is 25.7 Å². The first kappa shape index (κ1) is 15.0. The first-order chi connectivity index (χ1) is 9.50. The SMILES string of the molecule is CNC(=O)c1cccc(CN2CCCS(=O)(=O)CC2)c1. The average molecular weight is 296 g/mol. The minimum absolute atomic E-state index is 0.106. The van der Waals surface area contributed by atoms with E-state index in [1.807, 2.05) is 18.2 Å². The Morgan fingerprint density at radius 3 is 2.85 bits per heavy atom. The summed E-state index contributed by atoms with van der Waals surface area (Å²) in [6, 6.07) is 7.45. The van der Waals surface area contributed by atoms with Crippen LogP contribution in [0, 0.1) is 0 Å². The molecule has 0 aromatic heterocycles. The van der Waals surface area contributed by atoms with Gasteiger partial charge in [0.1, 0.15) is 0 Å². The van der Waals surface area contributed by atoms with Gasteiger partial charge in [0.25, 0.3) is 5.91 Å². The summed E-state index contributed by atoms with van der Waals surface area (Å²) in [4.78, 5) is 13.7. The van der Waals surface area contributed by atoms with E-state index in [2.05, 4.69) is 10.2 Å². The topological polar surface area (TPSA) is 66.5 Å². The molecule has 0 radical (unpaired) electrons. The first-order valence-electron chi connectivity index (χ1n) is 6.74. The summed E-state index contributed by atoms with van der Waals surface area (Å²) in [6.45, 7) is 2.02. The van der Waals surface area contributed by atoms with Crippen molar-refractivity contribution in [2.24, 2.45) is 0 Å². The quantitative estimate of drug-likeness (QED) is 0.890. The number of nitrogens with zero attached hydrogens (tertiary/aromatic N) is 1. The van der Waals surface area contributed by atoms with Crippen LogP contribution >= 0.6 is 0 Å². The number of sulfone groups is 1. The van der Waals surface area contributed by atoms with E-state index < -0.39 is 9.84 Å². The number of amides is 1. The average Bonchev–Trinajstić information content (AvgIpc) is 2.60. The van der Waals surface area contributed by atoms with Crippen molar-refractivity contribution in [1.82, 2.24) is 10.2 Å². The van der Waals surface area contributed by atoms with Crippen molar-refractivity contribution in [3.8, 4) is 0 Å². The molecule has 6 heteroatoms. The number of hydrogen-bond acceptors (Lipinski definition) is 4. The minimum atomic E-state index is -2.88. The number of nitrogens with one attached hydrogen (secondary N) is 1.